The highest BCUT2D eigenvalue weighted by Crippen LogP contribution is 2.41. The fraction of sp³-hybridized carbons (Fsp3) is 0.188. The molecule has 0 N–H and O–H groups in total. The molecule has 2 aromatic rings. The van der Waals surface area contributed by atoms with Crippen LogP contribution in [0.25, 0.3) is 0 Å². The van der Waals surface area contributed by atoms with E-state index in [4.69, 9.17) is 9.47 Å². The summed E-state index contributed by atoms with van der Waals surface area (Å²) in [4.78, 5) is 21.8. The first-order chi connectivity index (χ1) is 10.6. The average molecular weight is 301 g/mol. The number of benzene rings is 2. The summed E-state index contributed by atoms with van der Waals surface area (Å²) in [5.41, 5.74) is 1.08. The van der Waals surface area contributed by atoms with Gasteiger partial charge in [0.2, 0.25) is 5.75 Å². The third-order valence-electron chi connectivity index (χ3n) is 3.27. The zero-order valence-electron chi connectivity index (χ0n) is 12.2. The van der Waals surface area contributed by atoms with Crippen LogP contribution in [-0.4, -0.2) is 18.3 Å². The minimum Gasteiger partial charge on any atom is -0.493 e. The zero-order valence-corrected chi connectivity index (χ0v) is 12.2. The minimum atomic E-state index is -0.564. The first-order valence-corrected chi connectivity index (χ1v) is 6.56. The van der Waals surface area contributed by atoms with Gasteiger partial charge in [-0.25, -0.2) is 0 Å². The highest BCUT2D eigenvalue weighted by molar-refractivity contribution is 5.83. The topological polar surface area (TPSA) is 78.7 Å². The number of rotatable bonds is 6. The van der Waals surface area contributed by atoms with Crippen LogP contribution in [-0.2, 0) is 6.61 Å². The number of nitro benzene ring substituents is 1. The molecule has 0 aromatic heterocycles. The molecule has 2 aromatic carbocycles. The van der Waals surface area contributed by atoms with Crippen molar-refractivity contribution in [1.29, 1.82) is 0 Å². The number of nitro groups is 1. The molecule has 6 heteroatoms. The molecule has 0 atom stereocenters. The molecule has 0 bridgehead atoms. The SMILES string of the molecule is COc1cc(C=O)c(C)c([N+](=O)[O-])c1OCc1ccccc1. The molecule has 6 nitrogen and oxygen atoms in total. The number of carbonyl (C=O) groups is 1. The quantitative estimate of drug-likeness (QED) is 0.464. The Balaban J connectivity index is 2.46. The van der Waals surface area contributed by atoms with Gasteiger partial charge in [0, 0.05) is 11.1 Å². The molecule has 0 heterocycles. The van der Waals surface area contributed by atoms with Crippen molar-refractivity contribution >= 4 is 12.0 Å². The third-order valence-corrected chi connectivity index (χ3v) is 3.27. The molecule has 0 radical (unpaired) electrons. The van der Waals surface area contributed by atoms with Gasteiger partial charge in [-0.1, -0.05) is 30.3 Å². The molecular weight excluding hydrogens is 286 g/mol. The predicted molar refractivity (Wildman–Crippen MR) is 80.5 cm³/mol. The highest BCUT2D eigenvalue weighted by atomic mass is 16.6. The number of hydrogen-bond donors (Lipinski definition) is 0. The highest BCUT2D eigenvalue weighted by Gasteiger charge is 2.26. The van der Waals surface area contributed by atoms with Crippen molar-refractivity contribution in [2.75, 3.05) is 7.11 Å². The Kier molecular flexibility index (Phi) is 4.73. The van der Waals surface area contributed by atoms with E-state index in [9.17, 15) is 14.9 Å². The van der Waals surface area contributed by atoms with Gasteiger partial charge >= 0.3 is 5.69 Å². The van der Waals surface area contributed by atoms with Gasteiger partial charge in [0.05, 0.1) is 12.0 Å². The Hall–Kier alpha value is -2.89. The summed E-state index contributed by atoms with van der Waals surface area (Å²) in [7, 11) is 1.37. The van der Waals surface area contributed by atoms with Crippen LogP contribution in [0.4, 0.5) is 5.69 Å². The van der Waals surface area contributed by atoms with E-state index >= 15 is 0 Å². The van der Waals surface area contributed by atoms with Gasteiger partial charge in [0.25, 0.3) is 0 Å². The molecule has 0 aliphatic carbocycles. The summed E-state index contributed by atoms with van der Waals surface area (Å²) in [6.45, 7) is 1.68. The molecule has 0 amide bonds. The first kappa shape index (κ1) is 15.5. The van der Waals surface area contributed by atoms with Gasteiger partial charge in [-0.15, -0.1) is 0 Å². The van der Waals surface area contributed by atoms with Gasteiger partial charge < -0.3 is 9.47 Å². The Labute approximate surface area is 127 Å². The lowest BCUT2D eigenvalue weighted by Gasteiger charge is -2.13. The first-order valence-electron chi connectivity index (χ1n) is 6.56. The molecule has 0 saturated carbocycles. The average Bonchev–Trinajstić information content (AvgIpc) is 2.53. The molecule has 0 aliphatic rings. The largest absolute Gasteiger partial charge is 0.493 e. The standard InChI is InChI=1S/C16H15NO5/c1-11-13(9-18)8-14(21-2)16(15(11)17(19)20)22-10-12-6-4-3-5-7-12/h3-9H,10H2,1-2H3. The smallest absolute Gasteiger partial charge is 0.318 e. The van der Waals surface area contributed by atoms with Crippen LogP contribution in [0, 0.1) is 17.0 Å². The van der Waals surface area contributed by atoms with Crippen molar-refractivity contribution in [1.82, 2.24) is 0 Å². The number of ether oxygens (including phenoxy) is 2. The number of aldehydes is 1. The van der Waals surface area contributed by atoms with E-state index in [0.717, 1.165) is 5.56 Å². The molecule has 0 unspecified atom stereocenters. The Morgan fingerprint density at radius 2 is 1.95 bits per heavy atom. The summed E-state index contributed by atoms with van der Waals surface area (Å²) in [6, 6.07) is 10.7. The molecule has 114 valence electrons. The lowest BCUT2D eigenvalue weighted by atomic mass is 10.1. The molecule has 22 heavy (non-hydrogen) atoms. The summed E-state index contributed by atoms with van der Waals surface area (Å²) in [5.74, 6) is 0.190. The molecule has 0 spiro atoms. The lowest BCUT2D eigenvalue weighted by Crippen LogP contribution is -2.05. The Bertz CT molecular complexity index is 697. The zero-order chi connectivity index (χ0) is 16.1. The number of hydrogen-bond acceptors (Lipinski definition) is 5. The minimum absolute atomic E-state index is 0.0273. The van der Waals surface area contributed by atoms with Crippen molar-refractivity contribution in [3.05, 3.63) is 63.2 Å². The fourth-order valence-electron chi connectivity index (χ4n) is 2.10. The van der Waals surface area contributed by atoms with Crippen LogP contribution < -0.4 is 9.47 Å². The Morgan fingerprint density at radius 3 is 2.50 bits per heavy atom. The van der Waals surface area contributed by atoms with E-state index in [1.165, 1.54) is 20.1 Å². The van der Waals surface area contributed by atoms with Crippen LogP contribution in [0.1, 0.15) is 21.5 Å². The number of carbonyl (C=O) groups excluding carboxylic acids is 1. The van der Waals surface area contributed by atoms with Crippen molar-refractivity contribution < 1.29 is 19.2 Å². The molecule has 0 aliphatic heterocycles. The molecule has 2 rings (SSSR count). The van der Waals surface area contributed by atoms with Gasteiger partial charge in [-0.3, -0.25) is 14.9 Å². The summed E-state index contributed by atoms with van der Waals surface area (Å²) >= 11 is 0. The van der Waals surface area contributed by atoms with Gasteiger partial charge in [-0.2, -0.15) is 0 Å². The third kappa shape index (κ3) is 3.06. The fourth-order valence-corrected chi connectivity index (χ4v) is 2.10. The summed E-state index contributed by atoms with van der Waals surface area (Å²) in [5, 5.41) is 11.3. The summed E-state index contributed by atoms with van der Waals surface area (Å²) in [6.07, 6.45) is 0.561. The van der Waals surface area contributed by atoms with Crippen molar-refractivity contribution in [2.24, 2.45) is 0 Å². The van der Waals surface area contributed by atoms with Crippen molar-refractivity contribution in [3.8, 4) is 11.5 Å². The maximum absolute atomic E-state index is 11.3. The number of methoxy groups -OCH3 is 1. The van der Waals surface area contributed by atoms with E-state index in [-0.39, 0.29) is 34.9 Å². The van der Waals surface area contributed by atoms with Crippen LogP contribution in [0.5, 0.6) is 11.5 Å². The second kappa shape index (κ2) is 6.71. The van der Waals surface area contributed by atoms with Gasteiger partial charge in [-0.05, 0) is 18.6 Å². The van der Waals surface area contributed by atoms with E-state index < -0.39 is 4.92 Å². The van der Waals surface area contributed by atoms with Gasteiger partial charge in [0.15, 0.2) is 12.0 Å². The second-order valence-corrected chi connectivity index (χ2v) is 4.62. The Morgan fingerprint density at radius 1 is 1.27 bits per heavy atom. The maximum atomic E-state index is 11.3. The maximum Gasteiger partial charge on any atom is 0.318 e. The molecular formula is C16H15NO5. The predicted octanol–water partition coefficient (Wildman–Crippen LogP) is 3.30. The second-order valence-electron chi connectivity index (χ2n) is 4.62. The molecule has 0 fully saturated rings. The van der Waals surface area contributed by atoms with Crippen molar-refractivity contribution in [3.63, 3.8) is 0 Å². The van der Waals surface area contributed by atoms with E-state index in [2.05, 4.69) is 0 Å². The van der Waals surface area contributed by atoms with Crippen LogP contribution in [0.3, 0.4) is 0 Å². The molecule has 0 saturated heterocycles. The normalized spacial score (nSPS) is 10.1. The van der Waals surface area contributed by atoms with E-state index in [1.807, 2.05) is 30.3 Å². The van der Waals surface area contributed by atoms with Gasteiger partial charge in [0.1, 0.15) is 6.61 Å². The van der Waals surface area contributed by atoms with E-state index in [0.29, 0.717) is 6.29 Å². The van der Waals surface area contributed by atoms with Crippen LogP contribution in [0.2, 0.25) is 0 Å². The number of nitrogens with zero attached hydrogens (tertiary/aromatic N) is 1. The van der Waals surface area contributed by atoms with Crippen molar-refractivity contribution in [2.45, 2.75) is 13.5 Å². The summed E-state index contributed by atoms with van der Waals surface area (Å²) < 4.78 is 10.7. The monoisotopic (exact) mass is 301 g/mol. The lowest BCUT2D eigenvalue weighted by molar-refractivity contribution is -0.386. The van der Waals surface area contributed by atoms with Crippen LogP contribution in [0.15, 0.2) is 36.4 Å². The van der Waals surface area contributed by atoms with E-state index in [1.54, 1.807) is 0 Å². The van der Waals surface area contributed by atoms with Crippen LogP contribution >= 0.6 is 0 Å².